The fraction of sp³-hybridized carbons (Fsp3) is 0. The quantitative estimate of drug-likeness (QED) is 0.155. The number of ether oxygens (including phenoxy) is 1. The van der Waals surface area contributed by atoms with Gasteiger partial charge >= 0.3 is 0 Å². The van der Waals surface area contributed by atoms with Crippen LogP contribution in [0.15, 0.2) is 131 Å². The van der Waals surface area contributed by atoms with Crippen LogP contribution in [0.2, 0.25) is 0 Å². The molecule has 0 aliphatic carbocycles. The molecule has 0 spiro atoms. The molecular weight excluding hydrogens is 550 g/mol. The summed E-state index contributed by atoms with van der Waals surface area (Å²) in [6, 6.07) is 37.8. The molecule has 2 N–H and O–H groups in total. The first-order valence-corrected chi connectivity index (χ1v) is 12.5. The van der Waals surface area contributed by atoms with Crippen molar-refractivity contribution in [2.45, 2.75) is 0 Å². The number of hydrogen-bond donors (Lipinski definition) is 2. The van der Waals surface area contributed by atoms with Gasteiger partial charge in [0.1, 0.15) is 23.0 Å². The van der Waals surface area contributed by atoms with Crippen LogP contribution in [0.3, 0.4) is 0 Å². The molecule has 0 aliphatic rings. The van der Waals surface area contributed by atoms with Crippen LogP contribution in [0, 0.1) is 0 Å². The molecule has 0 fully saturated rings. The number of nitrogens with zero attached hydrogens (tertiary/aromatic N) is 2. The number of benzene rings is 6. The largest absolute Gasteiger partial charge is 0.507 e. The SMILES string of the molecule is Oc1ccc2ccccc2c1C=Nc1ccc(Oc2ccc(N=Cc3c(O)ccc4ccccc34)cc2)cc1.[Zn]. The van der Waals surface area contributed by atoms with Crippen LogP contribution in [-0.4, -0.2) is 22.6 Å². The van der Waals surface area contributed by atoms with E-state index in [0.29, 0.717) is 22.6 Å². The third-order valence-electron chi connectivity index (χ3n) is 6.49. The second-order valence-corrected chi connectivity index (χ2v) is 9.05. The number of aliphatic imine (C=N–C) groups is 2. The molecule has 190 valence electrons. The maximum Gasteiger partial charge on any atom is 0.127 e. The molecule has 0 aliphatic heterocycles. The van der Waals surface area contributed by atoms with Gasteiger partial charge in [0.25, 0.3) is 0 Å². The summed E-state index contributed by atoms with van der Waals surface area (Å²) < 4.78 is 5.98. The van der Waals surface area contributed by atoms with E-state index in [9.17, 15) is 10.2 Å². The molecule has 5 nitrogen and oxygen atoms in total. The van der Waals surface area contributed by atoms with Crippen molar-refractivity contribution in [1.82, 2.24) is 0 Å². The molecule has 0 unspecified atom stereocenters. The third kappa shape index (κ3) is 5.78. The first-order chi connectivity index (χ1) is 19.1. The molecule has 6 heteroatoms. The summed E-state index contributed by atoms with van der Waals surface area (Å²) in [7, 11) is 0. The minimum atomic E-state index is 0. The fourth-order valence-corrected chi connectivity index (χ4v) is 4.45. The Bertz CT molecular complexity index is 1710. The second-order valence-electron chi connectivity index (χ2n) is 9.05. The van der Waals surface area contributed by atoms with Crippen molar-refractivity contribution in [3.8, 4) is 23.0 Å². The van der Waals surface area contributed by atoms with Gasteiger partial charge < -0.3 is 14.9 Å². The van der Waals surface area contributed by atoms with Crippen molar-refractivity contribution in [2.75, 3.05) is 0 Å². The van der Waals surface area contributed by atoms with Crippen LogP contribution in [0.1, 0.15) is 11.1 Å². The molecule has 6 rings (SSSR count). The minimum absolute atomic E-state index is 0. The van der Waals surface area contributed by atoms with Crippen molar-refractivity contribution in [3.63, 3.8) is 0 Å². The molecular formula is C34H24N2O3Zn. The Morgan fingerprint density at radius 3 is 1.30 bits per heavy atom. The zero-order chi connectivity index (χ0) is 26.6. The fourth-order valence-electron chi connectivity index (χ4n) is 4.45. The first kappa shape index (κ1) is 26.8. The van der Waals surface area contributed by atoms with Gasteiger partial charge in [-0.1, -0.05) is 60.7 Å². The molecule has 0 saturated heterocycles. The van der Waals surface area contributed by atoms with E-state index in [2.05, 4.69) is 9.98 Å². The topological polar surface area (TPSA) is 74.4 Å². The Balaban J connectivity index is 0.00000323. The van der Waals surface area contributed by atoms with Gasteiger partial charge in [-0.05, 0) is 82.2 Å². The predicted octanol–water partition coefficient (Wildman–Crippen LogP) is 8.70. The van der Waals surface area contributed by atoms with E-state index in [1.165, 1.54) is 0 Å². The van der Waals surface area contributed by atoms with E-state index in [4.69, 9.17) is 4.74 Å². The van der Waals surface area contributed by atoms with Crippen molar-refractivity contribution in [3.05, 3.63) is 132 Å². The van der Waals surface area contributed by atoms with E-state index in [1.54, 1.807) is 24.6 Å². The predicted molar refractivity (Wildman–Crippen MR) is 159 cm³/mol. The van der Waals surface area contributed by atoms with Crippen molar-refractivity contribution < 1.29 is 34.4 Å². The number of aromatic hydroxyl groups is 2. The number of fused-ring (bicyclic) bond motifs is 2. The number of rotatable bonds is 6. The Hall–Kier alpha value is -4.80. The van der Waals surface area contributed by atoms with Gasteiger partial charge in [0.2, 0.25) is 0 Å². The summed E-state index contributed by atoms with van der Waals surface area (Å²) in [6.45, 7) is 0. The molecule has 0 atom stereocenters. The van der Waals surface area contributed by atoms with E-state index in [0.717, 1.165) is 32.9 Å². The molecule has 0 aromatic heterocycles. The molecule has 6 aromatic carbocycles. The monoisotopic (exact) mass is 572 g/mol. The Morgan fingerprint density at radius 1 is 0.475 bits per heavy atom. The van der Waals surface area contributed by atoms with E-state index < -0.39 is 0 Å². The van der Waals surface area contributed by atoms with Gasteiger partial charge in [-0.25, -0.2) is 0 Å². The third-order valence-corrected chi connectivity index (χ3v) is 6.49. The van der Waals surface area contributed by atoms with Gasteiger partial charge in [-0.15, -0.1) is 0 Å². The van der Waals surface area contributed by atoms with Gasteiger partial charge in [0.15, 0.2) is 0 Å². The van der Waals surface area contributed by atoms with Crippen molar-refractivity contribution in [2.24, 2.45) is 9.98 Å². The normalized spacial score (nSPS) is 11.3. The average Bonchev–Trinajstić information content (AvgIpc) is 2.98. The number of phenolic OH excluding ortho intramolecular Hbond substituents is 2. The summed E-state index contributed by atoms with van der Waals surface area (Å²) >= 11 is 0. The molecule has 0 saturated carbocycles. The standard InChI is InChI=1S/C34H24N2O3.Zn/c37-33-19-9-23-5-1-3-7-29(23)31(33)21-35-25-11-15-27(16-12-25)39-28-17-13-26(14-18-28)36-22-32-30-8-4-2-6-24(30)10-20-34(32)38;/h1-22,37-38H;. The van der Waals surface area contributed by atoms with E-state index >= 15 is 0 Å². The Morgan fingerprint density at radius 2 is 0.875 bits per heavy atom. The number of phenols is 2. The van der Waals surface area contributed by atoms with Crippen molar-refractivity contribution >= 4 is 45.3 Å². The first-order valence-electron chi connectivity index (χ1n) is 12.5. The summed E-state index contributed by atoms with van der Waals surface area (Å²) in [5.74, 6) is 1.75. The Labute approximate surface area is 244 Å². The van der Waals surface area contributed by atoms with Crippen LogP contribution >= 0.6 is 0 Å². The average molecular weight is 574 g/mol. The van der Waals surface area contributed by atoms with Gasteiger partial charge in [-0.3, -0.25) is 9.98 Å². The maximum absolute atomic E-state index is 10.3. The molecule has 0 amide bonds. The summed E-state index contributed by atoms with van der Waals surface area (Å²) in [6.07, 6.45) is 3.37. The molecule has 0 bridgehead atoms. The molecule has 0 heterocycles. The minimum Gasteiger partial charge on any atom is -0.507 e. The van der Waals surface area contributed by atoms with Gasteiger partial charge in [-0.2, -0.15) is 0 Å². The molecule has 40 heavy (non-hydrogen) atoms. The molecule has 0 radical (unpaired) electrons. The Kier molecular flexibility index (Phi) is 8.00. The summed E-state index contributed by atoms with van der Waals surface area (Å²) in [4.78, 5) is 9.09. The maximum atomic E-state index is 10.3. The number of hydrogen-bond acceptors (Lipinski definition) is 5. The van der Waals surface area contributed by atoms with Crippen LogP contribution in [-0.2, 0) is 19.5 Å². The van der Waals surface area contributed by atoms with Crippen LogP contribution in [0.5, 0.6) is 23.0 Å². The second kappa shape index (κ2) is 11.9. The van der Waals surface area contributed by atoms with Crippen LogP contribution in [0.25, 0.3) is 21.5 Å². The van der Waals surface area contributed by atoms with Crippen LogP contribution < -0.4 is 4.74 Å². The van der Waals surface area contributed by atoms with Crippen LogP contribution in [0.4, 0.5) is 11.4 Å². The smallest absolute Gasteiger partial charge is 0.127 e. The van der Waals surface area contributed by atoms with E-state index in [1.807, 2.05) is 109 Å². The van der Waals surface area contributed by atoms with Gasteiger partial charge in [0, 0.05) is 43.0 Å². The zero-order valence-corrected chi connectivity index (χ0v) is 24.6. The zero-order valence-electron chi connectivity index (χ0n) is 21.6. The van der Waals surface area contributed by atoms with Gasteiger partial charge in [0.05, 0.1) is 11.4 Å². The summed E-state index contributed by atoms with van der Waals surface area (Å²) in [5.41, 5.74) is 2.87. The van der Waals surface area contributed by atoms with E-state index in [-0.39, 0.29) is 31.0 Å². The summed E-state index contributed by atoms with van der Waals surface area (Å²) in [5, 5.41) is 24.6. The molecule has 6 aromatic rings. The van der Waals surface area contributed by atoms with Crippen molar-refractivity contribution in [1.29, 1.82) is 0 Å².